The van der Waals surface area contributed by atoms with Crippen LogP contribution in [0.15, 0.2) is 23.0 Å². The molecule has 6 nitrogen and oxygen atoms in total. The van der Waals surface area contributed by atoms with Crippen LogP contribution in [0.5, 0.6) is 0 Å². The Morgan fingerprint density at radius 2 is 2.17 bits per heavy atom. The molecule has 0 spiro atoms. The lowest BCUT2D eigenvalue weighted by Gasteiger charge is -2.21. The highest BCUT2D eigenvalue weighted by molar-refractivity contribution is 5.79. The second-order valence-electron chi connectivity index (χ2n) is 7.09. The van der Waals surface area contributed by atoms with Crippen LogP contribution in [0.2, 0.25) is 0 Å². The molecule has 2 N–H and O–H groups in total. The third-order valence-corrected chi connectivity index (χ3v) is 5.42. The lowest BCUT2D eigenvalue weighted by molar-refractivity contribution is -0.125. The maximum Gasteiger partial charge on any atom is 0.343 e. The molecule has 3 atom stereocenters. The van der Waals surface area contributed by atoms with Crippen LogP contribution in [-0.2, 0) is 17.8 Å². The van der Waals surface area contributed by atoms with E-state index < -0.39 is 0 Å². The van der Waals surface area contributed by atoms with E-state index >= 15 is 0 Å². The smallest absolute Gasteiger partial charge is 0.343 e. The van der Waals surface area contributed by atoms with Gasteiger partial charge in [0.25, 0.3) is 0 Å². The Bertz CT molecular complexity index is 851. The Hall–Kier alpha value is -2.37. The van der Waals surface area contributed by atoms with Gasteiger partial charge >= 0.3 is 5.69 Å². The fourth-order valence-corrected chi connectivity index (χ4v) is 3.59. The van der Waals surface area contributed by atoms with Gasteiger partial charge in [0.15, 0.2) is 0 Å². The van der Waals surface area contributed by atoms with Gasteiger partial charge in [0.2, 0.25) is 5.91 Å². The van der Waals surface area contributed by atoms with Crippen LogP contribution in [0.25, 0.3) is 0 Å². The first-order valence-electron chi connectivity index (χ1n) is 8.54. The Morgan fingerprint density at radius 3 is 2.96 bits per heavy atom. The summed E-state index contributed by atoms with van der Waals surface area (Å²) in [6.45, 7) is 4.80. The van der Waals surface area contributed by atoms with Crippen molar-refractivity contribution in [2.24, 2.45) is 5.92 Å². The number of aromatic nitrogens is 3. The molecule has 1 fully saturated rings. The van der Waals surface area contributed by atoms with Crippen molar-refractivity contribution in [1.29, 1.82) is 0 Å². The zero-order valence-corrected chi connectivity index (χ0v) is 14.0. The third kappa shape index (κ3) is 2.66. The van der Waals surface area contributed by atoms with E-state index in [0.29, 0.717) is 31.1 Å². The Labute approximate surface area is 140 Å². The van der Waals surface area contributed by atoms with Gasteiger partial charge < -0.3 is 5.32 Å². The van der Waals surface area contributed by atoms with Crippen molar-refractivity contribution in [3.05, 3.63) is 51.2 Å². The Morgan fingerprint density at radius 1 is 1.33 bits per heavy atom. The summed E-state index contributed by atoms with van der Waals surface area (Å²) in [5, 5.41) is 9.64. The Kier molecular flexibility index (Phi) is 3.55. The van der Waals surface area contributed by atoms with Crippen molar-refractivity contribution in [3.63, 3.8) is 0 Å². The Balaban J connectivity index is 1.38. The predicted molar refractivity (Wildman–Crippen MR) is 89.9 cm³/mol. The number of benzene rings is 1. The number of carbonyl (C=O) groups is 1. The van der Waals surface area contributed by atoms with Crippen LogP contribution < -0.4 is 11.0 Å². The van der Waals surface area contributed by atoms with Crippen molar-refractivity contribution in [1.82, 2.24) is 20.1 Å². The molecule has 1 unspecified atom stereocenters. The summed E-state index contributed by atoms with van der Waals surface area (Å²) >= 11 is 0. The van der Waals surface area contributed by atoms with Gasteiger partial charge in [-0.3, -0.25) is 9.36 Å². The number of carbonyl (C=O) groups excluding carboxylic acids is 1. The highest BCUT2D eigenvalue weighted by Gasteiger charge is 2.41. The van der Waals surface area contributed by atoms with Crippen molar-refractivity contribution in [3.8, 4) is 0 Å². The summed E-state index contributed by atoms with van der Waals surface area (Å²) in [4.78, 5) is 24.1. The highest BCUT2D eigenvalue weighted by atomic mass is 16.2. The lowest BCUT2D eigenvalue weighted by Crippen LogP contribution is -2.38. The minimum Gasteiger partial charge on any atom is -0.352 e. The molecule has 2 aliphatic rings. The first-order valence-corrected chi connectivity index (χ1v) is 8.54. The molecule has 6 heteroatoms. The number of hydrogen-bond donors (Lipinski definition) is 2. The summed E-state index contributed by atoms with van der Waals surface area (Å²) in [7, 11) is 0. The molecule has 24 heavy (non-hydrogen) atoms. The molecule has 2 heterocycles. The summed E-state index contributed by atoms with van der Waals surface area (Å²) in [5.74, 6) is 1.12. The summed E-state index contributed by atoms with van der Waals surface area (Å²) in [6.07, 6.45) is 2.24. The largest absolute Gasteiger partial charge is 0.352 e. The average molecular weight is 326 g/mol. The minimum atomic E-state index is -0.180. The van der Waals surface area contributed by atoms with Crippen LogP contribution >= 0.6 is 0 Å². The lowest BCUT2D eigenvalue weighted by atomic mass is 9.96. The van der Waals surface area contributed by atoms with Gasteiger partial charge in [-0.2, -0.15) is 5.10 Å². The van der Waals surface area contributed by atoms with E-state index in [-0.39, 0.29) is 23.6 Å². The van der Waals surface area contributed by atoms with Gasteiger partial charge in [-0.1, -0.05) is 18.2 Å². The zero-order chi connectivity index (χ0) is 16.8. The molecule has 0 saturated heterocycles. The van der Waals surface area contributed by atoms with Crippen LogP contribution in [-0.4, -0.2) is 26.7 Å². The van der Waals surface area contributed by atoms with Gasteiger partial charge in [-0.05, 0) is 43.4 Å². The number of amides is 1. The molecule has 126 valence electrons. The molecule has 0 bridgehead atoms. The second kappa shape index (κ2) is 5.61. The number of nitrogens with one attached hydrogen (secondary N) is 2. The minimum absolute atomic E-state index is 0.0892. The van der Waals surface area contributed by atoms with Crippen LogP contribution in [0, 0.1) is 19.8 Å². The second-order valence-corrected chi connectivity index (χ2v) is 7.09. The standard InChI is InChI=1S/C18H22N4O2/c1-10-3-4-12(7-11(10)2)14-9-15(14)19-17(23)13-5-6-22-16(8-13)20-21-18(22)24/h3-4,7,13-15H,5-6,8-9H2,1-2H3,(H,19,23)(H,21,24)/t13?,14-,15+/m0/s1. The van der Waals surface area contributed by atoms with E-state index in [0.717, 1.165) is 6.42 Å². The van der Waals surface area contributed by atoms with Crippen LogP contribution in [0.1, 0.15) is 41.3 Å². The molecule has 1 saturated carbocycles. The first kappa shape index (κ1) is 15.2. The van der Waals surface area contributed by atoms with E-state index in [1.807, 2.05) is 0 Å². The van der Waals surface area contributed by atoms with E-state index in [9.17, 15) is 9.59 Å². The summed E-state index contributed by atoms with van der Waals surface area (Å²) < 4.78 is 1.62. The van der Waals surface area contributed by atoms with Crippen molar-refractivity contribution in [2.75, 3.05) is 0 Å². The maximum atomic E-state index is 12.5. The van der Waals surface area contributed by atoms with Crippen LogP contribution in [0.3, 0.4) is 0 Å². The molecule has 1 aromatic carbocycles. The molecule has 1 aromatic heterocycles. The fourth-order valence-electron chi connectivity index (χ4n) is 3.59. The normalized spacial score (nSPS) is 25.2. The highest BCUT2D eigenvalue weighted by Crippen LogP contribution is 2.41. The monoisotopic (exact) mass is 326 g/mol. The van der Waals surface area contributed by atoms with E-state index in [1.165, 1.54) is 16.7 Å². The molecule has 1 aliphatic carbocycles. The van der Waals surface area contributed by atoms with Gasteiger partial charge in [-0.25, -0.2) is 9.89 Å². The SMILES string of the molecule is Cc1ccc([C@@H]2C[C@H]2NC(=O)C2CCn3c(n[nH]c3=O)C2)cc1C. The molecule has 1 amide bonds. The summed E-state index contributed by atoms with van der Waals surface area (Å²) in [6, 6.07) is 6.79. The quantitative estimate of drug-likeness (QED) is 0.895. The van der Waals surface area contributed by atoms with Crippen LogP contribution in [0.4, 0.5) is 0 Å². The fraction of sp³-hybridized carbons (Fsp3) is 0.500. The number of rotatable bonds is 3. The molecule has 0 radical (unpaired) electrons. The van der Waals surface area contributed by atoms with Crippen molar-refractivity contribution in [2.45, 2.75) is 51.6 Å². The molecule has 1 aliphatic heterocycles. The number of aromatic amines is 1. The van der Waals surface area contributed by atoms with E-state index in [1.54, 1.807) is 4.57 Å². The average Bonchev–Trinajstić information content (AvgIpc) is 3.24. The van der Waals surface area contributed by atoms with Crippen molar-refractivity contribution < 1.29 is 4.79 Å². The van der Waals surface area contributed by atoms with Gasteiger partial charge in [0.05, 0.1) is 0 Å². The number of H-pyrrole nitrogens is 1. The van der Waals surface area contributed by atoms with E-state index in [4.69, 9.17) is 0 Å². The molecular weight excluding hydrogens is 304 g/mol. The third-order valence-electron chi connectivity index (χ3n) is 5.42. The van der Waals surface area contributed by atoms with Gasteiger partial charge in [0.1, 0.15) is 5.82 Å². The summed E-state index contributed by atoms with van der Waals surface area (Å²) in [5.41, 5.74) is 3.73. The van der Waals surface area contributed by atoms with Gasteiger partial charge in [0, 0.05) is 30.8 Å². The molecule has 2 aromatic rings. The number of aryl methyl sites for hydroxylation is 2. The molecular formula is C18H22N4O2. The number of hydrogen-bond acceptors (Lipinski definition) is 3. The number of nitrogens with zero attached hydrogens (tertiary/aromatic N) is 2. The first-order chi connectivity index (χ1) is 11.5. The number of fused-ring (bicyclic) bond motifs is 1. The van der Waals surface area contributed by atoms with E-state index in [2.05, 4.69) is 47.6 Å². The van der Waals surface area contributed by atoms with Gasteiger partial charge in [-0.15, -0.1) is 0 Å². The zero-order valence-electron chi connectivity index (χ0n) is 14.0. The topological polar surface area (TPSA) is 79.8 Å². The molecule has 4 rings (SSSR count). The maximum absolute atomic E-state index is 12.5. The van der Waals surface area contributed by atoms with Crippen molar-refractivity contribution >= 4 is 5.91 Å². The predicted octanol–water partition coefficient (Wildman–Crippen LogP) is 1.42.